The van der Waals surface area contributed by atoms with Crippen molar-refractivity contribution in [2.24, 2.45) is 0 Å². The fourth-order valence-corrected chi connectivity index (χ4v) is 3.57. The number of aromatic nitrogens is 4. The largest absolute Gasteiger partial charge is 0.275 e. The van der Waals surface area contributed by atoms with Gasteiger partial charge in [0.15, 0.2) is 5.65 Å². The summed E-state index contributed by atoms with van der Waals surface area (Å²) in [5.41, 5.74) is 3.98. The first-order valence-electron chi connectivity index (χ1n) is 7.20. The van der Waals surface area contributed by atoms with E-state index >= 15 is 0 Å². The van der Waals surface area contributed by atoms with E-state index in [1.807, 2.05) is 55.5 Å². The van der Waals surface area contributed by atoms with E-state index in [2.05, 4.69) is 14.6 Å². The van der Waals surface area contributed by atoms with Crippen LogP contribution in [0.4, 0.5) is 0 Å². The fraction of sp³-hybridized carbons (Fsp3) is 0.118. The second-order valence-corrected chi connectivity index (χ2v) is 6.63. The normalized spacial score (nSPS) is 11.4. The van der Waals surface area contributed by atoms with Crippen LogP contribution < -0.4 is 0 Å². The second-order valence-electron chi connectivity index (χ2n) is 5.23. The number of aryl methyl sites for hydroxylation is 1. The van der Waals surface area contributed by atoms with Crippen molar-refractivity contribution in [2.45, 2.75) is 17.7 Å². The average Bonchev–Trinajstić information content (AvgIpc) is 2.97. The maximum Gasteiger partial charge on any atom is 0.193 e. The van der Waals surface area contributed by atoms with E-state index in [1.165, 1.54) is 5.56 Å². The zero-order valence-corrected chi connectivity index (χ0v) is 14.0. The van der Waals surface area contributed by atoms with Gasteiger partial charge in [-0.05, 0) is 36.8 Å². The van der Waals surface area contributed by atoms with Crippen LogP contribution in [0.25, 0.3) is 16.7 Å². The van der Waals surface area contributed by atoms with Crippen LogP contribution in [0.15, 0.2) is 53.6 Å². The van der Waals surface area contributed by atoms with E-state index in [0.717, 1.165) is 38.3 Å². The highest BCUT2D eigenvalue weighted by molar-refractivity contribution is 7.98. The van der Waals surface area contributed by atoms with Gasteiger partial charge in [0.05, 0.1) is 11.0 Å². The van der Waals surface area contributed by atoms with E-state index in [9.17, 15) is 0 Å². The zero-order chi connectivity index (χ0) is 15.8. The molecule has 0 aliphatic heterocycles. The van der Waals surface area contributed by atoms with Gasteiger partial charge < -0.3 is 0 Å². The van der Waals surface area contributed by atoms with Crippen molar-refractivity contribution in [3.05, 3.63) is 64.9 Å². The first-order chi connectivity index (χ1) is 11.2. The zero-order valence-electron chi connectivity index (χ0n) is 12.4. The fourth-order valence-electron chi connectivity index (χ4n) is 2.53. The molecule has 0 amide bonds. The molecule has 0 atom stereocenters. The van der Waals surface area contributed by atoms with E-state index in [1.54, 1.807) is 11.8 Å². The summed E-state index contributed by atoms with van der Waals surface area (Å²) >= 11 is 7.59. The third-order valence-electron chi connectivity index (χ3n) is 3.65. The van der Waals surface area contributed by atoms with Gasteiger partial charge in [-0.1, -0.05) is 47.6 Å². The Morgan fingerprint density at radius 1 is 1.04 bits per heavy atom. The first kappa shape index (κ1) is 14.5. The minimum Gasteiger partial charge on any atom is -0.275 e. The van der Waals surface area contributed by atoms with Gasteiger partial charge in [0.25, 0.3) is 0 Å². The first-order valence-corrected chi connectivity index (χ1v) is 8.56. The molecule has 0 fully saturated rings. The molecule has 0 aliphatic rings. The number of rotatable bonds is 3. The van der Waals surface area contributed by atoms with Crippen LogP contribution in [0.5, 0.6) is 0 Å². The number of thioether (sulfide) groups is 1. The van der Waals surface area contributed by atoms with Crippen LogP contribution in [0.2, 0.25) is 5.02 Å². The third-order valence-corrected chi connectivity index (χ3v) is 4.93. The van der Waals surface area contributed by atoms with Gasteiger partial charge in [0, 0.05) is 10.8 Å². The number of nitrogens with zero attached hydrogens (tertiary/aromatic N) is 4. The molecule has 4 rings (SSSR count). The smallest absolute Gasteiger partial charge is 0.193 e. The third kappa shape index (κ3) is 2.66. The molecular formula is C17H13ClN4S. The Balaban J connectivity index is 1.77. The van der Waals surface area contributed by atoms with Crippen LogP contribution in [0.3, 0.4) is 0 Å². The summed E-state index contributed by atoms with van der Waals surface area (Å²) in [5.74, 6) is 1.68. The summed E-state index contributed by atoms with van der Waals surface area (Å²) < 4.78 is 2.06. The minimum absolute atomic E-state index is 0.748. The van der Waals surface area contributed by atoms with Crippen molar-refractivity contribution < 1.29 is 0 Å². The molecule has 0 bridgehead atoms. The molecule has 4 nitrogen and oxygen atoms in total. The number of benzene rings is 2. The van der Waals surface area contributed by atoms with Gasteiger partial charge >= 0.3 is 0 Å². The molecule has 0 radical (unpaired) electrons. The predicted molar refractivity (Wildman–Crippen MR) is 94.0 cm³/mol. The SMILES string of the molecule is Cc1nnc2c(SCc3ccc(Cl)cc3)nc3ccccc3n12. The van der Waals surface area contributed by atoms with Crippen molar-refractivity contribution in [2.75, 3.05) is 0 Å². The lowest BCUT2D eigenvalue weighted by Crippen LogP contribution is -1.96. The molecule has 23 heavy (non-hydrogen) atoms. The molecule has 0 spiro atoms. The summed E-state index contributed by atoms with van der Waals surface area (Å²) in [6, 6.07) is 15.9. The minimum atomic E-state index is 0.748. The maximum absolute atomic E-state index is 5.93. The summed E-state index contributed by atoms with van der Waals surface area (Å²) in [7, 11) is 0. The van der Waals surface area contributed by atoms with Crippen LogP contribution >= 0.6 is 23.4 Å². The number of hydrogen-bond acceptors (Lipinski definition) is 4. The summed E-state index contributed by atoms with van der Waals surface area (Å²) in [5, 5.41) is 10.2. The van der Waals surface area contributed by atoms with E-state index in [-0.39, 0.29) is 0 Å². The van der Waals surface area contributed by atoms with Gasteiger partial charge in [-0.3, -0.25) is 4.40 Å². The van der Waals surface area contributed by atoms with Crippen LogP contribution in [-0.2, 0) is 5.75 Å². The van der Waals surface area contributed by atoms with Crippen molar-refractivity contribution >= 4 is 40.0 Å². The molecule has 2 aromatic carbocycles. The highest BCUT2D eigenvalue weighted by Crippen LogP contribution is 2.28. The topological polar surface area (TPSA) is 43.1 Å². The number of halogens is 1. The number of para-hydroxylation sites is 2. The Labute approximate surface area is 142 Å². The molecular weight excluding hydrogens is 328 g/mol. The molecule has 2 heterocycles. The quantitative estimate of drug-likeness (QED) is 0.514. The molecule has 2 aromatic heterocycles. The molecule has 4 aromatic rings. The molecule has 6 heteroatoms. The highest BCUT2D eigenvalue weighted by Gasteiger charge is 2.13. The number of hydrogen-bond donors (Lipinski definition) is 0. The summed E-state index contributed by atoms with van der Waals surface area (Å²) in [6.45, 7) is 1.96. The van der Waals surface area contributed by atoms with Crippen molar-refractivity contribution in [1.82, 2.24) is 19.6 Å². The second kappa shape index (κ2) is 5.83. The lowest BCUT2D eigenvalue weighted by Gasteiger charge is -2.07. The van der Waals surface area contributed by atoms with Gasteiger partial charge in [-0.15, -0.1) is 10.2 Å². The van der Waals surface area contributed by atoms with Crippen LogP contribution in [0.1, 0.15) is 11.4 Å². The standard InChI is InChI=1S/C17H13ClN4S/c1-11-20-21-16-17(23-10-12-6-8-13(18)9-7-12)19-14-4-2-3-5-15(14)22(11)16/h2-9H,10H2,1H3. The van der Waals surface area contributed by atoms with E-state index < -0.39 is 0 Å². The highest BCUT2D eigenvalue weighted by atomic mass is 35.5. The molecule has 0 saturated carbocycles. The summed E-state index contributed by atoms with van der Waals surface area (Å²) in [4.78, 5) is 4.76. The molecule has 114 valence electrons. The Morgan fingerprint density at radius 3 is 2.65 bits per heavy atom. The Bertz CT molecular complexity index is 995. The Kier molecular flexibility index (Phi) is 3.67. The average molecular weight is 341 g/mol. The van der Waals surface area contributed by atoms with Gasteiger partial charge in [-0.25, -0.2) is 4.98 Å². The van der Waals surface area contributed by atoms with Crippen molar-refractivity contribution in [3.8, 4) is 0 Å². The molecule has 0 unspecified atom stereocenters. The monoisotopic (exact) mass is 340 g/mol. The van der Waals surface area contributed by atoms with Crippen LogP contribution in [0, 0.1) is 6.92 Å². The van der Waals surface area contributed by atoms with Gasteiger partial charge in [-0.2, -0.15) is 0 Å². The lowest BCUT2D eigenvalue weighted by atomic mass is 10.2. The van der Waals surface area contributed by atoms with Crippen molar-refractivity contribution in [3.63, 3.8) is 0 Å². The van der Waals surface area contributed by atoms with Crippen LogP contribution in [-0.4, -0.2) is 19.6 Å². The Morgan fingerprint density at radius 2 is 1.83 bits per heavy atom. The lowest BCUT2D eigenvalue weighted by molar-refractivity contribution is 1.02. The van der Waals surface area contributed by atoms with Gasteiger partial charge in [0.2, 0.25) is 0 Å². The van der Waals surface area contributed by atoms with Crippen molar-refractivity contribution in [1.29, 1.82) is 0 Å². The summed E-state index contributed by atoms with van der Waals surface area (Å²) in [6.07, 6.45) is 0. The molecule has 0 saturated heterocycles. The van der Waals surface area contributed by atoms with Gasteiger partial charge in [0.1, 0.15) is 10.9 Å². The Hall–Kier alpha value is -2.11. The molecule has 0 aliphatic carbocycles. The van der Waals surface area contributed by atoms with E-state index in [0.29, 0.717) is 0 Å². The van der Waals surface area contributed by atoms with E-state index in [4.69, 9.17) is 16.6 Å². The maximum atomic E-state index is 5.93. The number of fused-ring (bicyclic) bond motifs is 3. The molecule has 0 N–H and O–H groups in total. The predicted octanol–water partition coefficient (Wildman–Crippen LogP) is 4.53.